The maximum absolute atomic E-state index is 13.4. The summed E-state index contributed by atoms with van der Waals surface area (Å²) in [7, 11) is 0. The van der Waals surface area contributed by atoms with E-state index in [2.05, 4.69) is 17.2 Å². The summed E-state index contributed by atoms with van der Waals surface area (Å²) in [4.78, 5) is 17.2. The second-order valence-corrected chi connectivity index (χ2v) is 7.29. The van der Waals surface area contributed by atoms with Gasteiger partial charge in [0.15, 0.2) is 0 Å². The van der Waals surface area contributed by atoms with Crippen LogP contribution in [0.1, 0.15) is 34.8 Å². The van der Waals surface area contributed by atoms with Gasteiger partial charge in [0.2, 0.25) is 5.91 Å². The zero-order valence-electron chi connectivity index (χ0n) is 15.1. The summed E-state index contributed by atoms with van der Waals surface area (Å²) in [5, 5.41) is 5.95. The van der Waals surface area contributed by atoms with Gasteiger partial charge in [-0.15, -0.1) is 11.3 Å². The van der Waals surface area contributed by atoms with Crippen LogP contribution in [-0.4, -0.2) is 10.9 Å². The van der Waals surface area contributed by atoms with Gasteiger partial charge in [0.25, 0.3) is 0 Å². The molecule has 1 amide bonds. The average Bonchev–Trinajstić information content (AvgIpc) is 3.12. The Hall–Kier alpha value is -2.73. The quantitative estimate of drug-likeness (QED) is 0.604. The minimum Gasteiger partial charge on any atom is -0.399 e. The molecule has 6 heteroatoms. The molecule has 0 spiro atoms. The van der Waals surface area contributed by atoms with Crippen LogP contribution in [0.25, 0.3) is 0 Å². The summed E-state index contributed by atoms with van der Waals surface area (Å²) in [6, 6.07) is 13.5. The standard InChI is InChI=1S/C21H22FN3OS/c1-2-18-13-27-21(24-18)19(11-14-6-8-17(23)9-7-14)25-20(26)12-15-4-3-5-16(22)10-15/h3-10,13,19H,2,11-12,23H2,1H3,(H,25,26). The normalized spacial score (nSPS) is 11.9. The lowest BCUT2D eigenvalue weighted by Crippen LogP contribution is -2.31. The monoisotopic (exact) mass is 383 g/mol. The average molecular weight is 383 g/mol. The number of carbonyl (C=O) groups excluding carboxylic acids is 1. The summed E-state index contributed by atoms with van der Waals surface area (Å²) in [6.45, 7) is 2.05. The summed E-state index contributed by atoms with van der Waals surface area (Å²) in [6.07, 6.45) is 1.59. The number of amides is 1. The van der Waals surface area contributed by atoms with Crippen LogP contribution in [0.4, 0.5) is 10.1 Å². The van der Waals surface area contributed by atoms with Crippen molar-refractivity contribution in [3.05, 3.63) is 81.6 Å². The fourth-order valence-corrected chi connectivity index (χ4v) is 3.76. The van der Waals surface area contributed by atoms with Crippen LogP contribution in [0.5, 0.6) is 0 Å². The number of hydrogen-bond donors (Lipinski definition) is 2. The van der Waals surface area contributed by atoms with Gasteiger partial charge in [0.1, 0.15) is 10.8 Å². The van der Waals surface area contributed by atoms with E-state index in [0.29, 0.717) is 17.7 Å². The van der Waals surface area contributed by atoms with E-state index < -0.39 is 0 Å². The van der Waals surface area contributed by atoms with E-state index in [1.165, 1.54) is 12.1 Å². The number of rotatable bonds is 7. The fraction of sp³-hybridized carbons (Fsp3) is 0.238. The van der Waals surface area contributed by atoms with Crippen LogP contribution in [0.15, 0.2) is 53.9 Å². The molecule has 1 aromatic heterocycles. The maximum Gasteiger partial charge on any atom is 0.224 e. The molecule has 0 aliphatic carbocycles. The maximum atomic E-state index is 13.4. The van der Waals surface area contributed by atoms with E-state index >= 15 is 0 Å². The molecule has 27 heavy (non-hydrogen) atoms. The SMILES string of the molecule is CCc1csc(C(Cc2ccc(N)cc2)NC(=O)Cc2cccc(F)c2)n1. The van der Waals surface area contributed by atoms with E-state index in [1.807, 2.05) is 29.6 Å². The van der Waals surface area contributed by atoms with Crippen molar-refractivity contribution in [3.8, 4) is 0 Å². The fourth-order valence-electron chi connectivity index (χ4n) is 2.81. The number of nitrogens with zero attached hydrogens (tertiary/aromatic N) is 1. The predicted molar refractivity (Wildman–Crippen MR) is 107 cm³/mol. The first-order valence-corrected chi connectivity index (χ1v) is 9.74. The van der Waals surface area contributed by atoms with Crippen molar-refractivity contribution in [2.24, 2.45) is 0 Å². The molecular formula is C21H22FN3OS. The van der Waals surface area contributed by atoms with E-state index in [4.69, 9.17) is 5.73 Å². The molecule has 3 aromatic rings. The van der Waals surface area contributed by atoms with Gasteiger partial charge in [0, 0.05) is 11.1 Å². The highest BCUT2D eigenvalue weighted by Gasteiger charge is 2.19. The van der Waals surface area contributed by atoms with Gasteiger partial charge in [0.05, 0.1) is 18.2 Å². The van der Waals surface area contributed by atoms with E-state index in [0.717, 1.165) is 22.7 Å². The van der Waals surface area contributed by atoms with Gasteiger partial charge < -0.3 is 11.1 Å². The molecule has 0 saturated carbocycles. The van der Waals surface area contributed by atoms with Crippen LogP contribution in [-0.2, 0) is 24.1 Å². The minimum absolute atomic E-state index is 0.127. The Labute approximate surface area is 162 Å². The number of halogens is 1. The molecule has 1 atom stereocenters. The van der Waals surface area contributed by atoms with Crippen LogP contribution >= 0.6 is 11.3 Å². The summed E-state index contributed by atoms with van der Waals surface area (Å²) >= 11 is 1.54. The molecule has 0 fully saturated rings. The third kappa shape index (κ3) is 5.37. The van der Waals surface area contributed by atoms with Crippen molar-refractivity contribution < 1.29 is 9.18 Å². The molecule has 3 N–H and O–H groups in total. The summed E-state index contributed by atoms with van der Waals surface area (Å²) in [5.74, 6) is -0.500. The third-order valence-corrected chi connectivity index (χ3v) is 5.25. The predicted octanol–water partition coefficient (Wildman–Crippen LogP) is 4.07. The van der Waals surface area contributed by atoms with E-state index in [1.54, 1.807) is 23.5 Å². The molecule has 1 unspecified atom stereocenters. The zero-order valence-corrected chi connectivity index (χ0v) is 15.9. The highest BCUT2D eigenvalue weighted by Crippen LogP contribution is 2.23. The third-order valence-electron chi connectivity index (χ3n) is 4.24. The number of nitrogens with one attached hydrogen (secondary N) is 1. The first-order valence-electron chi connectivity index (χ1n) is 8.86. The van der Waals surface area contributed by atoms with Gasteiger partial charge in [-0.3, -0.25) is 4.79 Å². The Morgan fingerprint density at radius 3 is 2.67 bits per heavy atom. The topological polar surface area (TPSA) is 68.0 Å². The number of anilines is 1. The number of aryl methyl sites for hydroxylation is 1. The number of hydrogen-bond acceptors (Lipinski definition) is 4. The smallest absolute Gasteiger partial charge is 0.224 e. The first-order chi connectivity index (χ1) is 13.0. The molecule has 3 rings (SSSR count). The first kappa shape index (κ1) is 19.0. The van der Waals surface area contributed by atoms with Gasteiger partial charge >= 0.3 is 0 Å². The van der Waals surface area contributed by atoms with Crippen LogP contribution in [0, 0.1) is 5.82 Å². The van der Waals surface area contributed by atoms with Crippen molar-refractivity contribution in [2.45, 2.75) is 32.2 Å². The molecular weight excluding hydrogens is 361 g/mol. The van der Waals surface area contributed by atoms with Gasteiger partial charge in [-0.2, -0.15) is 0 Å². The van der Waals surface area contributed by atoms with Crippen LogP contribution < -0.4 is 11.1 Å². The highest BCUT2D eigenvalue weighted by atomic mass is 32.1. The van der Waals surface area contributed by atoms with Gasteiger partial charge in [-0.1, -0.05) is 31.2 Å². The van der Waals surface area contributed by atoms with Crippen LogP contribution in [0.3, 0.4) is 0 Å². The number of carbonyl (C=O) groups is 1. The molecule has 0 aliphatic heterocycles. The summed E-state index contributed by atoms with van der Waals surface area (Å²) < 4.78 is 13.4. The second kappa shape index (κ2) is 8.77. The van der Waals surface area contributed by atoms with Crippen molar-refractivity contribution in [2.75, 3.05) is 5.73 Å². The Balaban J connectivity index is 1.76. The van der Waals surface area contributed by atoms with Crippen molar-refractivity contribution >= 4 is 22.9 Å². The Morgan fingerprint density at radius 2 is 2.00 bits per heavy atom. The molecule has 140 valence electrons. The number of benzene rings is 2. The molecule has 0 bridgehead atoms. The van der Waals surface area contributed by atoms with Crippen molar-refractivity contribution in [3.63, 3.8) is 0 Å². The molecule has 1 heterocycles. The summed E-state index contributed by atoms with van der Waals surface area (Å²) in [5.41, 5.74) is 9.18. The van der Waals surface area contributed by atoms with Gasteiger partial charge in [-0.05, 0) is 48.2 Å². The molecule has 4 nitrogen and oxygen atoms in total. The number of nitrogen functional groups attached to an aromatic ring is 1. The second-order valence-electron chi connectivity index (χ2n) is 6.40. The molecule has 2 aromatic carbocycles. The number of aromatic nitrogens is 1. The lowest BCUT2D eigenvalue weighted by atomic mass is 10.0. The molecule has 0 radical (unpaired) electrons. The Bertz CT molecular complexity index is 908. The van der Waals surface area contributed by atoms with Crippen LogP contribution in [0.2, 0.25) is 0 Å². The lowest BCUT2D eigenvalue weighted by Gasteiger charge is -2.17. The Morgan fingerprint density at radius 1 is 1.22 bits per heavy atom. The number of thiazole rings is 1. The molecule has 0 saturated heterocycles. The van der Waals surface area contributed by atoms with E-state index in [9.17, 15) is 9.18 Å². The molecule has 0 aliphatic rings. The highest BCUT2D eigenvalue weighted by molar-refractivity contribution is 7.09. The lowest BCUT2D eigenvalue weighted by molar-refractivity contribution is -0.121. The zero-order chi connectivity index (χ0) is 19.2. The Kier molecular flexibility index (Phi) is 6.19. The van der Waals surface area contributed by atoms with Crippen molar-refractivity contribution in [1.29, 1.82) is 0 Å². The minimum atomic E-state index is -0.341. The van der Waals surface area contributed by atoms with Gasteiger partial charge in [-0.25, -0.2) is 9.37 Å². The number of nitrogens with two attached hydrogens (primary N) is 1. The van der Waals surface area contributed by atoms with Crippen molar-refractivity contribution in [1.82, 2.24) is 10.3 Å². The largest absolute Gasteiger partial charge is 0.399 e. The van der Waals surface area contributed by atoms with E-state index in [-0.39, 0.29) is 24.2 Å².